The Balaban J connectivity index is 2.09. The molecule has 0 amide bonds. The number of esters is 1. The lowest BCUT2D eigenvalue weighted by molar-refractivity contribution is -0.139. The van der Waals surface area contributed by atoms with Gasteiger partial charge in [-0.15, -0.1) is 0 Å². The van der Waals surface area contributed by atoms with E-state index < -0.39 is 0 Å². The number of carbonyl (C=O) groups excluding carboxylic acids is 1. The average Bonchev–Trinajstić information content (AvgIpc) is 2.60. The van der Waals surface area contributed by atoms with Gasteiger partial charge in [0.15, 0.2) is 16.7 Å². The number of thioether (sulfide) groups is 1. The first kappa shape index (κ1) is 17.1. The minimum absolute atomic E-state index is 0.198. The highest BCUT2D eigenvalue weighted by Gasteiger charge is 2.08. The van der Waals surface area contributed by atoms with Gasteiger partial charge in [0, 0.05) is 18.0 Å². The van der Waals surface area contributed by atoms with Crippen molar-refractivity contribution < 1.29 is 19.0 Å². The molecule has 0 unspecified atom stereocenters. The number of hydrogen-bond acceptors (Lipinski definition) is 7. The number of carbonyl (C=O) groups is 1. The molecule has 0 aliphatic rings. The highest BCUT2D eigenvalue weighted by molar-refractivity contribution is 7.99. The van der Waals surface area contributed by atoms with E-state index in [1.54, 1.807) is 33.5 Å². The molecule has 0 atom stereocenters. The van der Waals surface area contributed by atoms with Crippen LogP contribution in [0.4, 0.5) is 0 Å². The van der Waals surface area contributed by atoms with Gasteiger partial charge in [0.2, 0.25) is 0 Å². The van der Waals surface area contributed by atoms with E-state index in [0.717, 1.165) is 11.1 Å². The van der Waals surface area contributed by atoms with Gasteiger partial charge in [-0.05, 0) is 24.6 Å². The smallest absolute Gasteiger partial charge is 0.316 e. The van der Waals surface area contributed by atoms with E-state index >= 15 is 0 Å². The van der Waals surface area contributed by atoms with Crippen molar-refractivity contribution in [3.63, 3.8) is 0 Å². The van der Waals surface area contributed by atoms with Crippen molar-refractivity contribution in [2.24, 2.45) is 0 Å². The van der Waals surface area contributed by atoms with E-state index in [2.05, 4.69) is 9.97 Å². The Labute approximate surface area is 139 Å². The molecular formula is C16H18N2O4S. The zero-order valence-electron chi connectivity index (χ0n) is 13.2. The van der Waals surface area contributed by atoms with Gasteiger partial charge < -0.3 is 14.2 Å². The number of nitrogens with zero attached hydrogens (tertiary/aromatic N) is 2. The lowest BCUT2D eigenvalue weighted by Crippen LogP contribution is -2.06. The quantitative estimate of drug-likeness (QED) is 0.438. The van der Waals surface area contributed by atoms with E-state index in [1.165, 1.54) is 11.8 Å². The Morgan fingerprint density at radius 3 is 2.39 bits per heavy atom. The summed E-state index contributed by atoms with van der Waals surface area (Å²) in [5, 5.41) is 0.530. The Bertz CT molecular complexity index is 662. The van der Waals surface area contributed by atoms with Gasteiger partial charge in [0.25, 0.3) is 0 Å². The number of ether oxygens (including phenoxy) is 3. The second kappa shape index (κ2) is 8.38. The van der Waals surface area contributed by atoms with Crippen LogP contribution in [0.3, 0.4) is 0 Å². The molecule has 0 radical (unpaired) electrons. The fourth-order valence-electron chi connectivity index (χ4n) is 1.88. The second-order valence-corrected chi connectivity index (χ2v) is 5.36. The number of aromatic nitrogens is 2. The molecule has 1 aromatic carbocycles. The maximum absolute atomic E-state index is 11.3. The molecule has 0 saturated carbocycles. The summed E-state index contributed by atoms with van der Waals surface area (Å²) in [5.74, 6) is 1.23. The molecule has 0 saturated heterocycles. The van der Waals surface area contributed by atoms with Crippen molar-refractivity contribution in [3.05, 3.63) is 30.6 Å². The molecule has 122 valence electrons. The summed E-state index contributed by atoms with van der Waals surface area (Å²) >= 11 is 1.24. The van der Waals surface area contributed by atoms with Crippen LogP contribution in [0.15, 0.2) is 35.7 Å². The molecule has 0 N–H and O–H groups in total. The fraction of sp³-hybridized carbons (Fsp3) is 0.312. The van der Waals surface area contributed by atoms with E-state index in [1.807, 2.05) is 18.2 Å². The van der Waals surface area contributed by atoms with Crippen molar-refractivity contribution >= 4 is 17.7 Å². The van der Waals surface area contributed by atoms with Gasteiger partial charge >= 0.3 is 5.97 Å². The van der Waals surface area contributed by atoms with E-state index in [4.69, 9.17) is 14.2 Å². The lowest BCUT2D eigenvalue weighted by Gasteiger charge is -2.09. The number of rotatable bonds is 7. The molecule has 23 heavy (non-hydrogen) atoms. The number of hydrogen-bond donors (Lipinski definition) is 0. The van der Waals surface area contributed by atoms with Crippen LogP contribution < -0.4 is 9.47 Å². The van der Waals surface area contributed by atoms with E-state index in [0.29, 0.717) is 23.3 Å². The first-order chi connectivity index (χ1) is 11.2. The van der Waals surface area contributed by atoms with Crippen LogP contribution in [0.2, 0.25) is 0 Å². The molecule has 0 aliphatic carbocycles. The summed E-state index contributed by atoms with van der Waals surface area (Å²) in [7, 11) is 3.18. The zero-order chi connectivity index (χ0) is 16.7. The average molecular weight is 334 g/mol. The lowest BCUT2D eigenvalue weighted by atomic mass is 10.1. The van der Waals surface area contributed by atoms with Crippen molar-refractivity contribution in [1.82, 2.24) is 9.97 Å². The summed E-state index contributed by atoms with van der Waals surface area (Å²) in [6.07, 6.45) is 3.42. The summed E-state index contributed by atoms with van der Waals surface area (Å²) in [6.45, 7) is 2.15. The first-order valence-electron chi connectivity index (χ1n) is 7.00. The molecule has 0 fully saturated rings. The van der Waals surface area contributed by atoms with Crippen LogP contribution in [0.1, 0.15) is 6.92 Å². The van der Waals surface area contributed by atoms with Gasteiger partial charge in [-0.25, -0.2) is 9.97 Å². The van der Waals surface area contributed by atoms with Gasteiger partial charge in [-0.1, -0.05) is 17.8 Å². The minimum Gasteiger partial charge on any atom is -0.493 e. The molecule has 1 aromatic heterocycles. The third-order valence-electron chi connectivity index (χ3n) is 2.97. The fourth-order valence-corrected chi connectivity index (χ4v) is 2.47. The predicted octanol–water partition coefficient (Wildman–Crippen LogP) is 2.82. The monoisotopic (exact) mass is 334 g/mol. The summed E-state index contributed by atoms with van der Waals surface area (Å²) in [5.41, 5.74) is 1.77. The maximum Gasteiger partial charge on any atom is 0.316 e. The van der Waals surface area contributed by atoms with Gasteiger partial charge in [-0.2, -0.15) is 0 Å². The molecular weight excluding hydrogens is 316 g/mol. The Morgan fingerprint density at radius 2 is 1.78 bits per heavy atom. The van der Waals surface area contributed by atoms with E-state index in [-0.39, 0.29) is 11.7 Å². The van der Waals surface area contributed by atoms with Gasteiger partial charge in [0.05, 0.1) is 26.6 Å². The summed E-state index contributed by atoms with van der Waals surface area (Å²) in [6, 6.07) is 5.60. The van der Waals surface area contributed by atoms with Gasteiger partial charge in [-0.3, -0.25) is 4.79 Å². The van der Waals surface area contributed by atoms with Crippen LogP contribution in [-0.4, -0.2) is 42.5 Å². The van der Waals surface area contributed by atoms with Crippen LogP contribution in [-0.2, 0) is 9.53 Å². The predicted molar refractivity (Wildman–Crippen MR) is 87.9 cm³/mol. The SMILES string of the molecule is CCOC(=O)CSc1ncc(-c2ccc(OC)c(OC)c2)cn1. The van der Waals surface area contributed by atoms with Crippen LogP contribution in [0, 0.1) is 0 Å². The van der Waals surface area contributed by atoms with Crippen LogP contribution in [0.25, 0.3) is 11.1 Å². The minimum atomic E-state index is -0.273. The largest absolute Gasteiger partial charge is 0.493 e. The van der Waals surface area contributed by atoms with Crippen LogP contribution in [0.5, 0.6) is 11.5 Å². The Kier molecular flexibility index (Phi) is 6.22. The van der Waals surface area contributed by atoms with Crippen LogP contribution >= 0.6 is 11.8 Å². The third kappa shape index (κ3) is 4.59. The standard InChI is InChI=1S/C16H18N2O4S/c1-4-22-15(19)10-23-16-17-8-12(9-18-16)11-5-6-13(20-2)14(7-11)21-3/h5-9H,4,10H2,1-3H3. The molecule has 2 rings (SSSR count). The van der Waals surface area contributed by atoms with Crippen molar-refractivity contribution in [3.8, 4) is 22.6 Å². The molecule has 0 bridgehead atoms. The maximum atomic E-state index is 11.3. The van der Waals surface area contributed by atoms with Crippen molar-refractivity contribution in [2.45, 2.75) is 12.1 Å². The summed E-state index contributed by atoms with van der Waals surface area (Å²) < 4.78 is 15.4. The normalized spacial score (nSPS) is 10.2. The molecule has 7 heteroatoms. The molecule has 0 aliphatic heterocycles. The first-order valence-corrected chi connectivity index (χ1v) is 7.99. The molecule has 6 nitrogen and oxygen atoms in total. The number of benzene rings is 1. The topological polar surface area (TPSA) is 70.5 Å². The molecule has 0 spiro atoms. The molecule has 2 aromatic rings. The number of methoxy groups -OCH3 is 2. The highest BCUT2D eigenvalue weighted by atomic mass is 32.2. The van der Waals surface area contributed by atoms with Gasteiger partial charge in [0.1, 0.15) is 0 Å². The van der Waals surface area contributed by atoms with Crippen molar-refractivity contribution in [1.29, 1.82) is 0 Å². The van der Waals surface area contributed by atoms with Crippen molar-refractivity contribution in [2.75, 3.05) is 26.6 Å². The van der Waals surface area contributed by atoms with E-state index in [9.17, 15) is 4.79 Å². The second-order valence-electron chi connectivity index (χ2n) is 4.42. The Hall–Kier alpha value is -2.28. The zero-order valence-corrected chi connectivity index (χ0v) is 14.1. The third-order valence-corrected chi connectivity index (χ3v) is 3.82. The molecule has 1 heterocycles. The summed E-state index contributed by atoms with van der Waals surface area (Å²) in [4.78, 5) is 19.8. The Morgan fingerprint density at radius 1 is 1.09 bits per heavy atom. The highest BCUT2D eigenvalue weighted by Crippen LogP contribution is 2.32.